The summed E-state index contributed by atoms with van der Waals surface area (Å²) < 4.78 is 0. The summed E-state index contributed by atoms with van der Waals surface area (Å²) in [5.41, 5.74) is 26.7. The van der Waals surface area contributed by atoms with Crippen LogP contribution in [0.15, 0.2) is 261 Å². The van der Waals surface area contributed by atoms with Crippen molar-refractivity contribution in [2.75, 3.05) is 0 Å². The van der Waals surface area contributed by atoms with Gasteiger partial charge in [-0.05, 0) is 142 Å². The Morgan fingerprint density at radius 1 is 0.176 bits per heavy atom. The predicted octanol–water partition coefficient (Wildman–Crippen LogP) is 16.9. The summed E-state index contributed by atoms with van der Waals surface area (Å²) in [5, 5.41) is 0. The molecule has 0 atom stereocenters. The van der Waals surface area contributed by atoms with Gasteiger partial charge >= 0.3 is 0 Å². The molecule has 0 aliphatic heterocycles. The third kappa shape index (κ3) is 5.53. The van der Waals surface area contributed by atoms with E-state index in [1.165, 1.54) is 89.0 Å². The molecule has 0 N–H and O–H groups in total. The number of rotatable bonds is 5. The predicted molar refractivity (Wildman–Crippen MR) is 300 cm³/mol. The maximum atomic E-state index is 5.56. The Morgan fingerprint density at radius 2 is 0.473 bits per heavy atom. The van der Waals surface area contributed by atoms with Gasteiger partial charge in [-0.2, -0.15) is 0 Å². The van der Waals surface area contributed by atoms with Crippen molar-refractivity contribution in [1.82, 2.24) is 15.0 Å². The number of benzene rings is 11. The van der Waals surface area contributed by atoms with Crippen molar-refractivity contribution in [3.63, 3.8) is 0 Å². The van der Waals surface area contributed by atoms with Gasteiger partial charge in [-0.15, -0.1) is 0 Å². The van der Waals surface area contributed by atoms with Crippen LogP contribution in [0.2, 0.25) is 0 Å². The third-order valence-corrected chi connectivity index (χ3v) is 16.6. The van der Waals surface area contributed by atoms with Crippen LogP contribution in [-0.2, 0) is 10.8 Å². The van der Waals surface area contributed by atoms with E-state index in [1.807, 2.05) is 0 Å². The molecule has 4 aliphatic carbocycles. The van der Waals surface area contributed by atoms with Crippen LogP contribution in [0.25, 0.3) is 101 Å². The normalized spacial score (nSPS) is 13.9. The molecule has 0 radical (unpaired) electrons. The molecule has 0 unspecified atom stereocenters. The fourth-order valence-corrected chi connectivity index (χ4v) is 13.6. The standard InChI is InChI=1S/C71H43N3/c1-3-19-44(20-4-1)48-39-49(45-21-5-2-6-22-45)41-50(40-48)69-73-67(46-36-38-65-58(42-46)56-28-12-18-34-64(56)70(65)59-29-13-7-23-51(59)52-24-8-14-30-60(52)70)72-68(74-69)47-35-37-57-55-27-11-17-33-63(55)71(66(57)43-47)61-31-15-9-25-53(61)54-26-10-16-32-62(54)71/h1-43H. The van der Waals surface area contributed by atoms with Crippen molar-refractivity contribution in [2.45, 2.75) is 10.8 Å². The van der Waals surface area contributed by atoms with E-state index < -0.39 is 10.8 Å². The van der Waals surface area contributed by atoms with E-state index >= 15 is 0 Å². The minimum Gasteiger partial charge on any atom is -0.208 e. The minimum atomic E-state index is -0.511. The Morgan fingerprint density at radius 3 is 0.905 bits per heavy atom. The SMILES string of the molecule is c1ccc(-c2cc(-c3ccccc3)cc(-c3nc(-c4ccc5c(c4)-c4ccccc4C54c5ccccc5-c5ccccc54)nc(-c4ccc5c(c4)C4(c6ccccc6-c6ccccc64)c4ccccc4-5)n3)c2)cc1. The lowest BCUT2D eigenvalue weighted by molar-refractivity contribution is 0.793. The molecule has 0 saturated heterocycles. The Kier molecular flexibility index (Phi) is 8.59. The van der Waals surface area contributed by atoms with Crippen molar-refractivity contribution in [1.29, 1.82) is 0 Å². The summed E-state index contributed by atoms with van der Waals surface area (Å²) in [4.78, 5) is 16.6. The van der Waals surface area contributed by atoms with E-state index in [0.717, 1.165) is 38.9 Å². The first-order valence-corrected chi connectivity index (χ1v) is 25.6. The molecule has 1 heterocycles. The molecule has 74 heavy (non-hydrogen) atoms. The highest BCUT2D eigenvalue weighted by atomic mass is 15.0. The van der Waals surface area contributed by atoms with Gasteiger partial charge in [0.05, 0.1) is 10.8 Å². The second-order valence-electron chi connectivity index (χ2n) is 20.1. The van der Waals surface area contributed by atoms with Crippen LogP contribution in [-0.4, -0.2) is 15.0 Å². The van der Waals surface area contributed by atoms with Gasteiger partial charge in [0.25, 0.3) is 0 Å². The van der Waals surface area contributed by atoms with Crippen molar-refractivity contribution >= 4 is 0 Å². The summed E-state index contributed by atoms with van der Waals surface area (Å²) in [6, 6.07) is 95.6. The molecule has 342 valence electrons. The molecule has 4 aliphatic rings. The molecule has 12 aromatic rings. The van der Waals surface area contributed by atoms with E-state index in [1.54, 1.807) is 0 Å². The fourth-order valence-electron chi connectivity index (χ4n) is 13.6. The Labute approximate surface area is 429 Å². The first kappa shape index (κ1) is 41.1. The van der Waals surface area contributed by atoms with Crippen LogP contribution in [0.5, 0.6) is 0 Å². The number of aromatic nitrogens is 3. The highest BCUT2D eigenvalue weighted by Gasteiger charge is 2.53. The average molecular weight is 938 g/mol. The third-order valence-electron chi connectivity index (χ3n) is 16.6. The fraction of sp³-hybridized carbons (Fsp3) is 0.0282. The zero-order valence-electron chi connectivity index (χ0n) is 40.2. The van der Waals surface area contributed by atoms with Gasteiger partial charge in [-0.25, -0.2) is 15.0 Å². The van der Waals surface area contributed by atoms with Crippen LogP contribution < -0.4 is 0 Å². The van der Waals surface area contributed by atoms with Crippen molar-refractivity contribution < 1.29 is 0 Å². The molecule has 16 rings (SSSR count). The lowest BCUT2D eigenvalue weighted by atomic mass is 9.70. The number of hydrogen-bond donors (Lipinski definition) is 0. The Hall–Kier alpha value is -9.57. The van der Waals surface area contributed by atoms with E-state index in [2.05, 4.69) is 261 Å². The summed E-state index contributed by atoms with van der Waals surface area (Å²) in [7, 11) is 0. The largest absolute Gasteiger partial charge is 0.208 e. The molecule has 11 aromatic carbocycles. The first-order valence-electron chi connectivity index (χ1n) is 25.6. The molecular formula is C71H43N3. The summed E-state index contributed by atoms with van der Waals surface area (Å²) in [5.74, 6) is 1.87. The Bertz CT molecular complexity index is 4160. The average Bonchev–Trinajstić information content (AvgIpc) is 4.19. The van der Waals surface area contributed by atoms with Gasteiger partial charge in [0.1, 0.15) is 0 Å². The van der Waals surface area contributed by atoms with Crippen molar-refractivity contribution in [3.05, 3.63) is 305 Å². The Balaban J connectivity index is 0.942. The van der Waals surface area contributed by atoms with E-state index in [0.29, 0.717) is 17.5 Å². The number of fused-ring (bicyclic) bond motifs is 20. The van der Waals surface area contributed by atoms with Gasteiger partial charge in [0.15, 0.2) is 17.5 Å². The number of hydrogen-bond acceptors (Lipinski definition) is 3. The maximum Gasteiger partial charge on any atom is 0.164 e. The van der Waals surface area contributed by atoms with E-state index in [4.69, 9.17) is 15.0 Å². The molecule has 0 saturated carbocycles. The second-order valence-corrected chi connectivity index (χ2v) is 20.1. The van der Waals surface area contributed by atoms with E-state index in [9.17, 15) is 0 Å². The van der Waals surface area contributed by atoms with Crippen LogP contribution in [0, 0.1) is 0 Å². The molecular weight excluding hydrogens is 895 g/mol. The second kappa shape index (κ2) is 15.5. The van der Waals surface area contributed by atoms with Crippen LogP contribution >= 0.6 is 0 Å². The topological polar surface area (TPSA) is 38.7 Å². The van der Waals surface area contributed by atoms with Crippen LogP contribution in [0.3, 0.4) is 0 Å². The zero-order valence-corrected chi connectivity index (χ0v) is 40.2. The lowest BCUT2D eigenvalue weighted by Crippen LogP contribution is -2.25. The van der Waals surface area contributed by atoms with E-state index in [-0.39, 0.29) is 0 Å². The molecule has 0 amide bonds. The van der Waals surface area contributed by atoms with Gasteiger partial charge in [-0.3, -0.25) is 0 Å². The van der Waals surface area contributed by atoms with Gasteiger partial charge < -0.3 is 0 Å². The van der Waals surface area contributed by atoms with Crippen LogP contribution in [0.4, 0.5) is 0 Å². The van der Waals surface area contributed by atoms with Crippen molar-refractivity contribution in [2.24, 2.45) is 0 Å². The molecule has 3 heteroatoms. The lowest BCUT2D eigenvalue weighted by Gasteiger charge is -2.30. The quantitative estimate of drug-likeness (QED) is 0.173. The van der Waals surface area contributed by atoms with Crippen molar-refractivity contribution in [3.8, 4) is 101 Å². The maximum absolute atomic E-state index is 5.56. The van der Waals surface area contributed by atoms with Gasteiger partial charge in [0.2, 0.25) is 0 Å². The summed E-state index contributed by atoms with van der Waals surface area (Å²) in [6.07, 6.45) is 0. The first-order chi connectivity index (χ1) is 36.7. The number of nitrogens with zero attached hydrogens (tertiary/aromatic N) is 3. The van der Waals surface area contributed by atoms with Gasteiger partial charge in [0, 0.05) is 16.7 Å². The zero-order chi connectivity index (χ0) is 48.5. The summed E-state index contributed by atoms with van der Waals surface area (Å²) in [6.45, 7) is 0. The monoisotopic (exact) mass is 937 g/mol. The smallest absolute Gasteiger partial charge is 0.164 e. The van der Waals surface area contributed by atoms with Crippen LogP contribution in [0.1, 0.15) is 44.5 Å². The molecule has 0 fully saturated rings. The highest BCUT2D eigenvalue weighted by molar-refractivity contribution is 5.98. The molecule has 0 bridgehead atoms. The molecule has 2 spiro atoms. The van der Waals surface area contributed by atoms with Gasteiger partial charge in [-0.1, -0.05) is 231 Å². The molecule has 3 nitrogen and oxygen atoms in total. The minimum absolute atomic E-state index is 0.450. The summed E-state index contributed by atoms with van der Waals surface area (Å²) >= 11 is 0. The molecule has 1 aromatic heterocycles. The highest BCUT2D eigenvalue weighted by Crippen LogP contribution is 2.64.